The monoisotopic (exact) mass is 362 g/mol. The molecule has 0 radical (unpaired) electrons. The summed E-state index contributed by atoms with van der Waals surface area (Å²) in [5.74, 6) is -2.37. The van der Waals surface area contributed by atoms with E-state index in [2.05, 4.69) is 31.2 Å². The van der Waals surface area contributed by atoms with Gasteiger partial charge in [-0.15, -0.1) is 0 Å². The Bertz CT molecular complexity index is 1130. The van der Waals surface area contributed by atoms with Crippen LogP contribution in [0.3, 0.4) is 0 Å². The maximum atomic E-state index is 15.0. The second-order valence-corrected chi connectivity index (χ2v) is 6.54. The van der Waals surface area contributed by atoms with E-state index < -0.39 is 17.5 Å². The summed E-state index contributed by atoms with van der Waals surface area (Å²) in [6, 6.07) is 20.7. The van der Waals surface area contributed by atoms with E-state index in [4.69, 9.17) is 0 Å². The summed E-state index contributed by atoms with van der Waals surface area (Å²) < 4.78 is 41.7. The third kappa shape index (κ3) is 3.21. The molecule has 0 atom stereocenters. The van der Waals surface area contributed by atoms with Crippen LogP contribution < -0.4 is 0 Å². The number of fused-ring (bicyclic) bond motifs is 1. The fourth-order valence-electron chi connectivity index (χ4n) is 3.29. The van der Waals surface area contributed by atoms with Crippen molar-refractivity contribution >= 4 is 10.8 Å². The molecule has 3 heteroatoms. The molecular formula is C24H17F3. The number of hydrogen-bond acceptors (Lipinski definition) is 0. The first-order valence-corrected chi connectivity index (χ1v) is 8.84. The van der Waals surface area contributed by atoms with Crippen LogP contribution in [-0.2, 0) is 6.42 Å². The number of benzene rings is 4. The van der Waals surface area contributed by atoms with Crippen molar-refractivity contribution in [1.29, 1.82) is 0 Å². The largest absolute Gasteiger partial charge is 0.206 e. The summed E-state index contributed by atoms with van der Waals surface area (Å²) in [5, 5.41) is 1.21. The van der Waals surface area contributed by atoms with Crippen molar-refractivity contribution < 1.29 is 13.2 Å². The van der Waals surface area contributed by atoms with E-state index in [9.17, 15) is 8.78 Å². The molecule has 27 heavy (non-hydrogen) atoms. The predicted molar refractivity (Wildman–Crippen MR) is 104 cm³/mol. The van der Waals surface area contributed by atoms with Gasteiger partial charge >= 0.3 is 0 Å². The maximum Gasteiger partial charge on any atom is 0.159 e. The van der Waals surface area contributed by atoms with Gasteiger partial charge in [0.25, 0.3) is 0 Å². The van der Waals surface area contributed by atoms with Crippen LogP contribution in [0.1, 0.15) is 12.5 Å². The van der Waals surface area contributed by atoms with Gasteiger partial charge in [0.1, 0.15) is 5.82 Å². The Labute approximate surface area is 155 Å². The first-order chi connectivity index (χ1) is 13.1. The number of rotatable bonds is 3. The quantitative estimate of drug-likeness (QED) is 0.363. The molecule has 0 saturated carbocycles. The molecule has 0 heterocycles. The summed E-state index contributed by atoms with van der Waals surface area (Å²) in [5.41, 5.74) is 3.90. The topological polar surface area (TPSA) is 0 Å². The van der Waals surface area contributed by atoms with Crippen LogP contribution in [0.15, 0.2) is 72.8 Å². The summed E-state index contributed by atoms with van der Waals surface area (Å²) in [4.78, 5) is 0. The zero-order valence-electron chi connectivity index (χ0n) is 14.8. The minimum Gasteiger partial charge on any atom is -0.206 e. The molecule has 0 fully saturated rings. The molecule has 4 aromatic rings. The van der Waals surface area contributed by atoms with E-state index in [1.807, 2.05) is 12.1 Å². The Morgan fingerprint density at radius 1 is 0.630 bits per heavy atom. The zero-order valence-corrected chi connectivity index (χ0v) is 14.8. The van der Waals surface area contributed by atoms with Gasteiger partial charge in [-0.25, -0.2) is 13.2 Å². The molecule has 0 N–H and O–H groups in total. The second kappa shape index (κ2) is 6.92. The standard InChI is InChI=1S/C24H17F3/c1-2-15-3-5-16(6-4-15)17-7-10-20-18(13-17)8-11-21(24(20)27)19-9-12-22(25)23(26)14-19/h3-14H,2H2,1H3. The van der Waals surface area contributed by atoms with E-state index in [0.29, 0.717) is 10.9 Å². The van der Waals surface area contributed by atoms with Gasteiger partial charge in [-0.3, -0.25) is 0 Å². The smallest absolute Gasteiger partial charge is 0.159 e. The highest BCUT2D eigenvalue weighted by atomic mass is 19.2. The van der Waals surface area contributed by atoms with Crippen LogP contribution in [0.5, 0.6) is 0 Å². The Morgan fingerprint density at radius 3 is 2.04 bits per heavy atom. The van der Waals surface area contributed by atoms with Crippen LogP contribution in [-0.4, -0.2) is 0 Å². The van der Waals surface area contributed by atoms with E-state index >= 15 is 4.39 Å². The Morgan fingerprint density at radius 2 is 1.33 bits per heavy atom. The SMILES string of the molecule is CCc1ccc(-c2ccc3c(F)c(-c4ccc(F)c(F)c4)ccc3c2)cc1. The fraction of sp³-hybridized carbons (Fsp3) is 0.0833. The van der Waals surface area contributed by atoms with Crippen LogP contribution >= 0.6 is 0 Å². The molecule has 0 spiro atoms. The van der Waals surface area contributed by atoms with Crippen LogP contribution in [0.2, 0.25) is 0 Å². The van der Waals surface area contributed by atoms with Gasteiger partial charge in [-0.2, -0.15) is 0 Å². The van der Waals surface area contributed by atoms with Crippen molar-refractivity contribution in [3.63, 3.8) is 0 Å². The molecule has 4 aromatic carbocycles. The van der Waals surface area contributed by atoms with Crippen LogP contribution in [0.4, 0.5) is 13.2 Å². The zero-order chi connectivity index (χ0) is 19.0. The van der Waals surface area contributed by atoms with Crippen molar-refractivity contribution in [2.24, 2.45) is 0 Å². The Hall–Kier alpha value is -3.07. The average Bonchev–Trinajstić information content (AvgIpc) is 2.70. The van der Waals surface area contributed by atoms with Gasteiger partial charge in [0.05, 0.1) is 0 Å². The lowest BCUT2D eigenvalue weighted by atomic mass is 9.96. The van der Waals surface area contributed by atoms with Gasteiger partial charge < -0.3 is 0 Å². The first-order valence-electron chi connectivity index (χ1n) is 8.84. The van der Waals surface area contributed by atoms with Gasteiger partial charge in [-0.05, 0) is 52.3 Å². The molecule has 0 aliphatic heterocycles. The summed E-state index contributed by atoms with van der Waals surface area (Å²) in [6.07, 6.45) is 0.982. The highest BCUT2D eigenvalue weighted by Gasteiger charge is 2.12. The van der Waals surface area contributed by atoms with Gasteiger partial charge in [-0.1, -0.05) is 61.5 Å². The van der Waals surface area contributed by atoms with Crippen molar-refractivity contribution in [2.75, 3.05) is 0 Å². The van der Waals surface area contributed by atoms with Crippen LogP contribution in [0.25, 0.3) is 33.0 Å². The predicted octanol–water partition coefficient (Wildman–Crippen LogP) is 7.15. The molecule has 0 bridgehead atoms. The van der Waals surface area contributed by atoms with Gasteiger partial charge in [0.15, 0.2) is 11.6 Å². The molecule has 0 nitrogen and oxygen atoms in total. The number of aryl methyl sites for hydroxylation is 1. The molecule has 0 aliphatic carbocycles. The summed E-state index contributed by atoms with van der Waals surface area (Å²) in [7, 11) is 0. The molecular weight excluding hydrogens is 345 g/mol. The molecule has 134 valence electrons. The number of halogens is 3. The van der Waals surface area contributed by atoms with E-state index in [1.54, 1.807) is 18.2 Å². The van der Waals surface area contributed by atoms with Crippen molar-refractivity contribution in [2.45, 2.75) is 13.3 Å². The molecule has 0 saturated heterocycles. The minimum absolute atomic E-state index is 0.251. The second-order valence-electron chi connectivity index (χ2n) is 6.54. The van der Waals surface area contributed by atoms with E-state index in [1.165, 1.54) is 11.6 Å². The van der Waals surface area contributed by atoms with Crippen LogP contribution in [0, 0.1) is 17.5 Å². The normalized spacial score (nSPS) is 11.1. The van der Waals surface area contributed by atoms with Gasteiger partial charge in [0, 0.05) is 10.9 Å². The minimum atomic E-state index is -0.988. The first kappa shape index (κ1) is 17.3. The molecule has 0 unspecified atom stereocenters. The van der Waals surface area contributed by atoms with E-state index in [-0.39, 0.29) is 5.56 Å². The maximum absolute atomic E-state index is 15.0. The average molecular weight is 362 g/mol. The van der Waals surface area contributed by atoms with Gasteiger partial charge in [0.2, 0.25) is 0 Å². The third-order valence-corrected chi connectivity index (χ3v) is 4.88. The molecule has 0 aromatic heterocycles. The van der Waals surface area contributed by atoms with Crippen molar-refractivity contribution in [1.82, 2.24) is 0 Å². The lowest BCUT2D eigenvalue weighted by Crippen LogP contribution is -1.90. The molecule has 0 aliphatic rings. The fourth-order valence-corrected chi connectivity index (χ4v) is 3.29. The van der Waals surface area contributed by atoms with Crippen molar-refractivity contribution in [3.05, 3.63) is 95.8 Å². The highest BCUT2D eigenvalue weighted by Crippen LogP contribution is 2.32. The summed E-state index contributed by atoms with van der Waals surface area (Å²) in [6.45, 7) is 2.11. The Kier molecular flexibility index (Phi) is 4.44. The summed E-state index contributed by atoms with van der Waals surface area (Å²) >= 11 is 0. The van der Waals surface area contributed by atoms with E-state index in [0.717, 1.165) is 35.1 Å². The highest BCUT2D eigenvalue weighted by molar-refractivity contribution is 5.91. The van der Waals surface area contributed by atoms with Crippen molar-refractivity contribution in [3.8, 4) is 22.3 Å². The molecule has 4 rings (SSSR count). The lowest BCUT2D eigenvalue weighted by Gasteiger charge is -2.10. The Balaban J connectivity index is 1.78. The number of hydrogen-bond donors (Lipinski definition) is 0. The third-order valence-electron chi connectivity index (χ3n) is 4.88. The molecule has 0 amide bonds. The lowest BCUT2D eigenvalue weighted by molar-refractivity contribution is 0.509.